The number of hydrogen-bond acceptors (Lipinski definition) is 4. The van der Waals surface area contributed by atoms with Crippen molar-refractivity contribution >= 4 is 12.6 Å². The van der Waals surface area contributed by atoms with Gasteiger partial charge in [0.05, 0.1) is 12.6 Å². The van der Waals surface area contributed by atoms with Gasteiger partial charge in [-0.15, -0.1) is 0 Å². The molecule has 18 heavy (non-hydrogen) atoms. The van der Waals surface area contributed by atoms with Gasteiger partial charge in [0.15, 0.2) is 0 Å². The largest absolute Gasteiger partial charge is 0.483 e. The Balaban J connectivity index is 0.000000873. The summed E-state index contributed by atoms with van der Waals surface area (Å²) in [6, 6.07) is 0.185. The minimum atomic E-state index is -0.419. The topological polar surface area (TPSA) is 76.1 Å². The average molecular weight is 261 g/mol. The highest BCUT2D eigenvalue weighted by Gasteiger charge is 2.31. The van der Waals surface area contributed by atoms with E-state index >= 15 is 0 Å². The zero-order valence-corrected chi connectivity index (χ0v) is 11.5. The van der Waals surface area contributed by atoms with Crippen LogP contribution in [0, 0.1) is 0 Å². The van der Waals surface area contributed by atoms with E-state index in [-0.39, 0.29) is 18.6 Å². The van der Waals surface area contributed by atoms with Gasteiger partial charge in [-0.1, -0.05) is 0 Å². The lowest BCUT2D eigenvalue weighted by Crippen LogP contribution is -2.41. The van der Waals surface area contributed by atoms with Gasteiger partial charge in [0.2, 0.25) is 0 Å². The zero-order chi connectivity index (χ0) is 14.2. The third-order valence-electron chi connectivity index (χ3n) is 2.36. The lowest BCUT2D eigenvalue weighted by molar-refractivity contribution is -0.122. The second kappa shape index (κ2) is 7.92. The third kappa shape index (κ3) is 6.44. The van der Waals surface area contributed by atoms with Crippen LogP contribution in [0.15, 0.2) is 0 Å². The van der Waals surface area contributed by atoms with Gasteiger partial charge >= 0.3 is 6.09 Å². The van der Waals surface area contributed by atoms with Gasteiger partial charge in [-0.3, -0.25) is 4.79 Å². The van der Waals surface area contributed by atoms with E-state index < -0.39 is 5.60 Å². The molecule has 0 aliphatic carbocycles. The Morgan fingerprint density at radius 1 is 1.50 bits per heavy atom. The lowest BCUT2D eigenvalue weighted by Gasteiger charge is -2.28. The van der Waals surface area contributed by atoms with Crippen LogP contribution in [0.5, 0.6) is 0 Å². The summed E-state index contributed by atoms with van der Waals surface area (Å²) < 4.78 is 10.4. The predicted octanol–water partition coefficient (Wildman–Crippen LogP) is 1.73. The summed E-state index contributed by atoms with van der Waals surface area (Å²) in [6.45, 7) is 6.77. The van der Waals surface area contributed by atoms with Crippen molar-refractivity contribution in [2.24, 2.45) is 0 Å². The summed E-state index contributed by atoms with van der Waals surface area (Å²) >= 11 is 0. The van der Waals surface area contributed by atoms with Crippen LogP contribution < -0.4 is 0 Å². The standard InChI is InChI=1S/C11H21NO3.CH2O2/c1-11(2,3)15-10(13)12-7-5-6-9(12)8-14-4;2-1-3/h9H,5-8H2,1-4H3;1H,(H,2,3)/t9-;/m0./s1. The molecule has 1 atom stereocenters. The van der Waals surface area contributed by atoms with Crippen LogP contribution in [0.3, 0.4) is 0 Å². The first kappa shape index (κ1) is 16.7. The monoisotopic (exact) mass is 261 g/mol. The molecule has 6 nitrogen and oxygen atoms in total. The van der Waals surface area contributed by atoms with Crippen LogP contribution in [0.4, 0.5) is 4.79 Å². The minimum absolute atomic E-state index is 0.185. The van der Waals surface area contributed by atoms with Crippen molar-refractivity contribution in [2.75, 3.05) is 20.3 Å². The zero-order valence-electron chi connectivity index (χ0n) is 11.5. The van der Waals surface area contributed by atoms with Crippen molar-refractivity contribution in [3.05, 3.63) is 0 Å². The molecule has 0 radical (unpaired) electrons. The van der Waals surface area contributed by atoms with Crippen LogP contribution in [0.25, 0.3) is 0 Å². The highest BCUT2D eigenvalue weighted by Crippen LogP contribution is 2.20. The van der Waals surface area contributed by atoms with Crippen molar-refractivity contribution in [1.29, 1.82) is 0 Å². The molecule has 1 saturated heterocycles. The van der Waals surface area contributed by atoms with E-state index in [1.165, 1.54) is 0 Å². The highest BCUT2D eigenvalue weighted by molar-refractivity contribution is 5.68. The van der Waals surface area contributed by atoms with E-state index in [9.17, 15) is 4.79 Å². The maximum Gasteiger partial charge on any atom is 0.410 e. The molecule has 1 N–H and O–H groups in total. The molecule has 0 aromatic rings. The van der Waals surface area contributed by atoms with E-state index in [1.807, 2.05) is 20.8 Å². The molecule has 6 heteroatoms. The molecule has 1 aliphatic rings. The summed E-state index contributed by atoms with van der Waals surface area (Å²) in [5.74, 6) is 0. The molecule has 0 saturated carbocycles. The first-order valence-corrected chi connectivity index (χ1v) is 5.92. The Bertz CT molecular complexity index is 262. The van der Waals surface area contributed by atoms with E-state index in [0.29, 0.717) is 6.61 Å². The maximum absolute atomic E-state index is 11.8. The molecule has 1 amide bonds. The number of carboxylic acid groups (broad SMARTS) is 1. The Kier molecular flexibility index (Phi) is 7.35. The van der Waals surface area contributed by atoms with Crippen LogP contribution in [-0.4, -0.2) is 54.5 Å². The van der Waals surface area contributed by atoms with E-state index in [1.54, 1.807) is 12.0 Å². The Hall–Kier alpha value is -1.30. The Labute approximate surface area is 108 Å². The second-order valence-corrected chi connectivity index (χ2v) is 5.03. The fraction of sp³-hybridized carbons (Fsp3) is 0.833. The molecule has 0 aromatic heterocycles. The first-order chi connectivity index (χ1) is 8.35. The predicted molar refractivity (Wildman–Crippen MR) is 66.5 cm³/mol. The SMILES string of the molecule is COC[C@@H]1CCCN1C(=O)OC(C)(C)C.O=CO. The van der Waals surface area contributed by atoms with Crippen molar-refractivity contribution in [2.45, 2.75) is 45.3 Å². The fourth-order valence-corrected chi connectivity index (χ4v) is 1.76. The highest BCUT2D eigenvalue weighted by atomic mass is 16.6. The van der Waals surface area contributed by atoms with Gasteiger partial charge in [0, 0.05) is 13.7 Å². The van der Waals surface area contributed by atoms with Crippen molar-refractivity contribution < 1.29 is 24.2 Å². The molecular weight excluding hydrogens is 238 g/mol. The molecule has 1 rings (SSSR count). The Morgan fingerprint density at radius 3 is 2.50 bits per heavy atom. The number of rotatable bonds is 2. The lowest BCUT2D eigenvalue weighted by atomic mass is 10.2. The van der Waals surface area contributed by atoms with Gasteiger partial charge in [-0.25, -0.2) is 4.79 Å². The number of carbonyl (C=O) groups excluding carboxylic acids is 1. The summed E-state index contributed by atoms with van der Waals surface area (Å²) in [7, 11) is 1.66. The quantitative estimate of drug-likeness (QED) is 0.766. The van der Waals surface area contributed by atoms with Crippen LogP contribution >= 0.6 is 0 Å². The summed E-state index contributed by atoms with van der Waals surface area (Å²) in [5.41, 5.74) is -0.419. The smallest absolute Gasteiger partial charge is 0.410 e. The normalized spacial score (nSPS) is 18.9. The number of amides is 1. The number of methoxy groups -OCH3 is 1. The van der Waals surface area contributed by atoms with Gasteiger partial charge < -0.3 is 19.5 Å². The minimum Gasteiger partial charge on any atom is -0.483 e. The van der Waals surface area contributed by atoms with Crippen LogP contribution in [0.2, 0.25) is 0 Å². The number of hydrogen-bond donors (Lipinski definition) is 1. The van der Waals surface area contributed by atoms with E-state index in [4.69, 9.17) is 19.4 Å². The number of likely N-dealkylation sites (tertiary alicyclic amines) is 1. The molecule has 0 unspecified atom stereocenters. The van der Waals surface area contributed by atoms with Crippen LogP contribution in [-0.2, 0) is 14.3 Å². The third-order valence-corrected chi connectivity index (χ3v) is 2.36. The molecule has 0 spiro atoms. The molecule has 1 heterocycles. The molecule has 1 fully saturated rings. The van der Waals surface area contributed by atoms with Gasteiger partial charge in [-0.2, -0.15) is 0 Å². The second-order valence-electron chi connectivity index (χ2n) is 5.03. The molecule has 106 valence electrons. The van der Waals surface area contributed by atoms with Gasteiger partial charge in [0.1, 0.15) is 5.60 Å². The van der Waals surface area contributed by atoms with Gasteiger partial charge in [-0.05, 0) is 33.6 Å². The summed E-state index contributed by atoms with van der Waals surface area (Å²) in [5, 5.41) is 6.89. The van der Waals surface area contributed by atoms with Crippen molar-refractivity contribution in [3.8, 4) is 0 Å². The number of carbonyl (C=O) groups is 2. The van der Waals surface area contributed by atoms with Crippen molar-refractivity contribution in [3.63, 3.8) is 0 Å². The first-order valence-electron chi connectivity index (χ1n) is 5.92. The maximum atomic E-state index is 11.8. The molecular formula is C12H23NO5. The molecule has 0 aromatic carbocycles. The Morgan fingerprint density at radius 2 is 2.06 bits per heavy atom. The number of ether oxygens (including phenoxy) is 2. The number of nitrogens with zero attached hydrogens (tertiary/aromatic N) is 1. The van der Waals surface area contributed by atoms with Crippen LogP contribution in [0.1, 0.15) is 33.6 Å². The average Bonchev–Trinajstić information content (AvgIpc) is 2.65. The summed E-state index contributed by atoms with van der Waals surface area (Å²) in [6.07, 6.45) is 1.82. The van der Waals surface area contributed by atoms with Crippen molar-refractivity contribution in [1.82, 2.24) is 4.90 Å². The fourth-order valence-electron chi connectivity index (χ4n) is 1.76. The van der Waals surface area contributed by atoms with E-state index in [2.05, 4.69) is 0 Å². The molecule has 0 bridgehead atoms. The molecule has 1 aliphatic heterocycles. The van der Waals surface area contributed by atoms with Gasteiger partial charge in [0.25, 0.3) is 6.47 Å². The van der Waals surface area contributed by atoms with E-state index in [0.717, 1.165) is 19.4 Å². The summed E-state index contributed by atoms with van der Waals surface area (Å²) in [4.78, 5) is 21.9.